The van der Waals surface area contributed by atoms with Crippen molar-refractivity contribution >= 4 is 27.5 Å². The molecule has 12 nitrogen and oxygen atoms in total. The minimum absolute atomic E-state index is 0.0978. The van der Waals surface area contributed by atoms with Crippen molar-refractivity contribution in [2.75, 3.05) is 51.8 Å². The Kier molecular flexibility index (Phi) is 10.3. The zero-order valence-corrected chi connectivity index (χ0v) is 29.9. The number of ether oxygens (including phenoxy) is 2. The number of imide groups is 1. The van der Waals surface area contributed by atoms with E-state index in [1.54, 1.807) is 39.3 Å². The van der Waals surface area contributed by atoms with E-state index in [1.165, 1.54) is 28.5 Å². The first-order chi connectivity index (χ1) is 24.1. The molecule has 0 saturated carbocycles. The van der Waals surface area contributed by atoms with Crippen molar-refractivity contribution in [1.29, 1.82) is 0 Å². The molecule has 0 radical (unpaired) electrons. The lowest BCUT2D eigenvalue weighted by Crippen LogP contribution is -2.47. The SMILES string of the molecule is COc1ccc([C@@H](CCCNS(=O)(=O)c2cnn(C)c2C)N2C(=O)c3cccc(N4CCN(C(C)c5ccccc5)CC4)c3C2=O)cc1OC. The minimum atomic E-state index is -3.81. The number of nitrogens with zero attached hydrogens (tertiary/aromatic N) is 5. The smallest absolute Gasteiger partial charge is 0.264 e. The first kappa shape index (κ1) is 35.1. The van der Waals surface area contributed by atoms with Crippen LogP contribution in [0.1, 0.15) is 69.4 Å². The molecule has 0 aliphatic carbocycles. The van der Waals surface area contributed by atoms with Gasteiger partial charge in [-0.1, -0.05) is 42.5 Å². The van der Waals surface area contributed by atoms with E-state index in [1.807, 2.05) is 24.3 Å². The molecule has 0 spiro atoms. The fourth-order valence-electron chi connectivity index (χ4n) is 6.95. The average molecular weight is 701 g/mol. The van der Waals surface area contributed by atoms with E-state index in [2.05, 4.69) is 50.8 Å². The predicted octanol–water partition coefficient (Wildman–Crippen LogP) is 4.72. The van der Waals surface area contributed by atoms with E-state index in [4.69, 9.17) is 9.47 Å². The second kappa shape index (κ2) is 14.6. The number of amides is 2. The van der Waals surface area contributed by atoms with Crippen LogP contribution in [0.15, 0.2) is 77.8 Å². The van der Waals surface area contributed by atoms with Crippen molar-refractivity contribution in [2.45, 2.75) is 43.7 Å². The summed E-state index contributed by atoms with van der Waals surface area (Å²) in [7, 11) is 0.945. The van der Waals surface area contributed by atoms with Crippen LogP contribution in [-0.4, -0.2) is 86.8 Å². The standard InChI is InChI=1S/C37H44N6O6S/c1-25(27-11-7-6-8-12-27)41-19-21-42(22-20-41)31-14-9-13-29-35(31)37(45)43(36(29)44)30(28-16-17-32(48-4)33(23-28)49-5)15-10-18-39-50(46,47)34-24-38-40(3)26(34)2/h6-9,11-14,16-17,23-25,30,39H,10,15,18-22H2,1-5H3/t25?,30-/m1/s1. The van der Waals surface area contributed by atoms with Gasteiger partial charge in [-0.2, -0.15) is 5.10 Å². The highest BCUT2D eigenvalue weighted by atomic mass is 32.2. The fraction of sp³-hybridized carbons (Fsp3) is 0.378. The van der Waals surface area contributed by atoms with Gasteiger partial charge in [-0.15, -0.1) is 0 Å². The van der Waals surface area contributed by atoms with Crippen LogP contribution in [0.2, 0.25) is 0 Å². The molecule has 1 saturated heterocycles. The third kappa shape index (κ3) is 6.72. The highest BCUT2D eigenvalue weighted by Gasteiger charge is 2.43. The number of carbonyl (C=O) groups excluding carboxylic acids is 2. The fourth-order valence-corrected chi connectivity index (χ4v) is 8.23. The summed E-state index contributed by atoms with van der Waals surface area (Å²) in [6.45, 7) is 7.06. The van der Waals surface area contributed by atoms with Gasteiger partial charge in [0, 0.05) is 45.8 Å². The monoisotopic (exact) mass is 700 g/mol. The Hall–Kier alpha value is -4.72. The summed E-state index contributed by atoms with van der Waals surface area (Å²) < 4.78 is 41.3. The quantitative estimate of drug-likeness (QED) is 0.156. The van der Waals surface area contributed by atoms with Crippen molar-refractivity contribution in [2.24, 2.45) is 7.05 Å². The van der Waals surface area contributed by atoms with E-state index >= 15 is 0 Å². The number of rotatable bonds is 13. The van der Waals surface area contributed by atoms with Gasteiger partial charge in [-0.25, -0.2) is 13.1 Å². The summed E-state index contributed by atoms with van der Waals surface area (Å²) in [5.41, 5.74) is 3.98. The number of fused-ring (bicyclic) bond motifs is 1. The van der Waals surface area contributed by atoms with E-state index in [9.17, 15) is 18.0 Å². The second-order valence-corrected chi connectivity index (χ2v) is 14.4. The first-order valence-corrected chi connectivity index (χ1v) is 18.3. The summed E-state index contributed by atoms with van der Waals surface area (Å²) >= 11 is 0. The van der Waals surface area contributed by atoms with Crippen LogP contribution in [0.5, 0.6) is 11.5 Å². The first-order valence-electron chi connectivity index (χ1n) is 16.8. The minimum Gasteiger partial charge on any atom is -0.493 e. The van der Waals surface area contributed by atoms with Crippen molar-refractivity contribution in [1.82, 2.24) is 24.3 Å². The van der Waals surface area contributed by atoms with Gasteiger partial charge in [0.2, 0.25) is 10.0 Å². The van der Waals surface area contributed by atoms with Gasteiger partial charge in [0.25, 0.3) is 11.8 Å². The van der Waals surface area contributed by atoms with Gasteiger partial charge in [0.15, 0.2) is 11.5 Å². The van der Waals surface area contributed by atoms with Gasteiger partial charge in [0.1, 0.15) is 4.90 Å². The Morgan fingerprint density at radius 3 is 2.26 bits per heavy atom. The molecule has 0 bridgehead atoms. The molecule has 2 amide bonds. The third-order valence-electron chi connectivity index (χ3n) is 9.94. The Labute approximate surface area is 293 Å². The summed E-state index contributed by atoms with van der Waals surface area (Å²) in [6.07, 6.45) is 1.98. The van der Waals surface area contributed by atoms with Crippen LogP contribution >= 0.6 is 0 Å². The van der Waals surface area contributed by atoms with E-state index in [0.717, 1.165) is 18.8 Å². The summed E-state index contributed by atoms with van der Waals surface area (Å²) in [4.78, 5) is 34.6. The second-order valence-electron chi connectivity index (χ2n) is 12.7. The molecule has 2 aliphatic heterocycles. The number of piperazine rings is 1. The Morgan fingerprint density at radius 1 is 0.880 bits per heavy atom. The maximum absolute atomic E-state index is 14.4. The summed E-state index contributed by atoms with van der Waals surface area (Å²) in [5.74, 6) is 0.226. The van der Waals surface area contributed by atoms with Crippen LogP contribution in [0.3, 0.4) is 0 Å². The van der Waals surface area contributed by atoms with Crippen molar-refractivity contribution in [3.63, 3.8) is 0 Å². The lowest BCUT2D eigenvalue weighted by molar-refractivity contribution is 0.0572. The molecule has 3 aromatic carbocycles. The molecule has 3 heterocycles. The molecule has 50 heavy (non-hydrogen) atoms. The van der Waals surface area contributed by atoms with Crippen LogP contribution in [-0.2, 0) is 17.1 Å². The molecule has 2 atom stereocenters. The highest BCUT2D eigenvalue weighted by molar-refractivity contribution is 7.89. The average Bonchev–Trinajstić information content (AvgIpc) is 3.62. The molecule has 2 aliphatic rings. The number of carbonyl (C=O) groups is 2. The number of methoxy groups -OCH3 is 2. The van der Waals surface area contributed by atoms with E-state index < -0.39 is 16.1 Å². The van der Waals surface area contributed by atoms with Crippen molar-refractivity contribution in [3.05, 3.63) is 101 Å². The molecule has 6 rings (SSSR count). The van der Waals surface area contributed by atoms with Gasteiger partial charge in [0.05, 0.1) is 49.0 Å². The zero-order valence-electron chi connectivity index (χ0n) is 29.1. The van der Waals surface area contributed by atoms with Gasteiger partial charge in [-0.3, -0.25) is 24.1 Å². The lowest BCUT2D eigenvalue weighted by atomic mass is 9.99. The summed E-state index contributed by atoms with van der Waals surface area (Å²) in [6, 6.07) is 20.8. The van der Waals surface area contributed by atoms with Crippen molar-refractivity contribution in [3.8, 4) is 11.5 Å². The zero-order chi connectivity index (χ0) is 35.6. The molecule has 264 valence electrons. The largest absolute Gasteiger partial charge is 0.493 e. The van der Waals surface area contributed by atoms with Crippen molar-refractivity contribution < 1.29 is 27.5 Å². The molecule has 4 aromatic rings. The Balaban J connectivity index is 1.24. The van der Waals surface area contributed by atoms with Gasteiger partial charge in [-0.05, 0) is 62.1 Å². The number of hydrogen-bond acceptors (Lipinski definition) is 9. The lowest BCUT2D eigenvalue weighted by Gasteiger charge is -2.39. The third-order valence-corrected chi connectivity index (χ3v) is 11.5. The van der Waals surface area contributed by atoms with Gasteiger partial charge < -0.3 is 14.4 Å². The molecular formula is C37H44N6O6S. The van der Waals surface area contributed by atoms with E-state index in [0.29, 0.717) is 59.8 Å². The maximum Gasteiger partial charge on any atom is 0.264 e. The number of anilines is 1. The van der Waals surface area contributed by atoms with E-state index in [-0.39, 0.29) is 29.3 Å². The number of aryl methyl sites for hydroxylation is 1. The number of aromatic nitrogens is 2. The summed E-state index contributed by atoms with van der Waals surface area (Å²) in [5, 5.41) is 4.05. The van der Waals surface area contributed by atoms with Crippen LogP contribution in [0.25, 0.3) is 0 Å². The number of benzene rings is 3. The number of sulfonamides is 1. The Morgan fingerprint density at radius 2 is 1.60 bits per heavy atom. The molecular weight excluding hydrogens is 657 g/mol. The molecule has 1 aromatic heterocycles. The topological polar surface area (TPSA) is 126 Å². The predicted molar refractivity (Wildman–Crippen MR) is 190 cm³/mol. The van der Waals surface area contributed by atoms with Crippen LogP contribution in [0, 0.1) is 6.92 Å². The normalized spacial score (nSPS) is 16.4. The van der Waals surface area contributed by atoms with Crippen LogP contribution < -0.4 is 19.1 Å². The highest BCUT2D eigenvalue weighted by Crippen LogP contribution is 2.40. The maximum atomic E-state index is 14.4. The Bertz CT molecular complexity index is 1970. The van der Waals surface area contributed by atoms with Crippen LogP contribution in [0.4, 0.5) is 5.69 Å². The molecule has 1 N–H and O–H groups in total. The number of hydrogen-bond donors (Lipinski definition) is 1. The number of nitrogens with one attached hydrogen (secondary N) is 1. The molecule has 13 heteroatoms. The molecule has 1 fully saturated rings. The molecule has 1 unspecified atom stereocenters. The van der Waals surface area contributed by atoms with Gasteiger partial charge >= 0.3 is 0 Å².